The van der Waals surface area contributed by atoms with Gasteiger partial charge in [0.25, 0.3) is 0 Å². The van der Waals surface area contributed by atoms with Crippen LogP contribution < -0.4 is 0 Å². The first kappa shape index (κ1) is 11.4. The Labute approximate surface area is 97.8 Å². The molecule has 1 aromatic rings. The molecule has 0 saturated heterocycles. The third-order valence-electron chi connectivity index (χ3n) is 3.62. The van der Waals surface area contributed by atoms with Crippen molar-refractivity contribution >= 4 is 0 Å². The normalized spacial score (nSPS) is 17.1. The number of hydrogen-bond acceptors (Lipinski definition) is 1. The fourth-order valence-corrected chi connectivity index (χ4v) is 2.47. The van der Waals surface area contributed by atoms with Crippen LogP contribution in [0.3, 0.4) is 0 Å². The maximum Gasteiger partial charge on any atom is 0.0611 e. The average molecular weight is 216 g/mol. The van der Waals surface area contributed by atoms with E-state index in [-0.39, 0.29) is 6.10 Å². The van der Waals surface area contributed by atoms with E-state index in [2.05, 4.69) is 37.8 Å². The van der Waals surface area contributed by atoms with Gasteiger partial charge in [-0.05, 0) is 42.7 Å². The molecule has 1 aromatic carbocycles. The van der Waals surface area contributed by atoms with Crippen molar-refractivity contribution in [3.8, 4) is 0 Å². The predicted octanol–water partition coefficient (Wildman–Crippen LogP) is 3.12. The number of aliphatic hydroxyl groups excluding tert-OH is 1. The molecule has 1 heteroatoms. The lowest BCUT2D eigenvalue weighted by atomic mass is 9.93. The van der Waals surface area contributed by atoms with Gasteiger partial charge < -0.3 is 5.11 Å². The minimum absolute atomic E-state index is 0.222. The van der Waals surface area contributed by atoms with Gasteiger partial charge in [-0.1, -0.05) is 43.3 Å². The van der Waals surface area contributed by atoms with Crippen LogP contribution in [0.5, 0.6) is 0 Å². The van der Waals surface area contributed by atoms with Gasteiger partial charge >= 0.3 is 0 Å². The van der Waals surface area contributed by atoms with E-state index in [0.717, 1.165) is 31.3 Å². The summed E-state index contributed by atoms with van der Waals surface area (Å²) in [6.45, 7) is 6.07. The quantitative estimate of drug-likeness (QED) is 0.767. The van der Waals surface area contributed by atoms with E-state index in [4.69, 9.17) is 0 Å². The molecule has 0 aromatic heterocycles. The van der Waals surface area contributed by atoms with Crippen LogP contribution >= 0.6 is 0 Å². The second-order valence-corrected chi connectivity index (χ2v) is 4.81. The van der Waals surface area contributed by atoms with Crippen LogP contribution in [0.25, 0.3) is 0 Å². The Morgan fingerprint density at radius 2 is 1.94 bits per heavy atom. The van der Waals surface area contributed by atoms with Crippen molar-refractivity contribution in [3.05, 3.63) is 47.5 Å². The van der Waals surface area contributed by atoms with Crippen LogP contribution in [0.1, 0.15) is 30.9 Å². The Balaban J connectivity index is 1.98. The molecule has 1 N–H and O–H groups in total. The van der Waals surface area contributed by atoms with E-state index in [0.29, 0.717) is 5.92 Å². The minimum atomic E-state index is -0.222. The second-order valence-electron chi connectivity index (χ2n) is 4.81. The highest BCUT2D eigenvalue weighted by Gasteiger charge is 2.27. The Kier molecular flexibility index (Phi) is 3.45. The number of aliphatic hydroxyl groups is 1. The van der Waals surface area contributed by atoms with Crippen LogP contribution in [0, 0.1) is 5.92 Å². The summed E-state index contributed by atoms with van der Waals surface area (Å²) in [6, 6.07) is 8.52. The molecule has 1 aliphatic carbocycles. The zero-order chi connectivity index (χ0) is 11.5. The van der Waals surface area contributed by atoms with Crippen molar-refractivity contribution in [1.82, 2.24) is 0 Å². The van der Waals surface area contributed by atoms with Crippen molar-refractivity contribution in [2.24, 2.45) is 5.92 Å². The third kappa shape index (κ3) is 2.35. The Morgan fingerprint density at radius 3 is 2.44 bits per heavy atom. The van der Waals surface area contributed by atoms with Gasteiger partial charge in [0.2, 0.25) is 0 Å². The lowest BCUT2D eigenvalue weighted by Crippen LogP contribution is -2.21. The van der Waals surface area contributed by atoms with Gasteiger partial charge in [-0.3, -0.25) is 0 Å². The molecule has 2 rings (SSSR count). The lowest BCUT2D eigenvalue weighted by Gasteiger charge is -2.18. The van der Waals surface area contributed by atoms with Gasteiger partial charge in [-0.2, -0.15) is 0 Å². The molecule has 0 spiro atoms. The fourth-order valence-electron chi connectivity index (χ4n) is 2.47. The standard InChI is InChI=1S/C15H20O/c1-3-11(2)8-15(16)14-9-12-6-4-5-7-13(12)10-14/h4-7,14-16H,2-3,8-10H2,1H3. The van der Waals surface area contributed by atoms with Crippen molar-refractivity contribution in [1.29, 1.82) is 0 Å². The van der Waals surface area contributed by atoms with E-state index >= 15 is 0 Å². The molecule has 1 unspecified atom stereocenters. The van der Waals surface area contributed by atoms with E-state index in [1.807, 2.05) is 0 Å². The number of fused-ring (bicyclic) bond motifs is 1. The number of hydrogen-bond donors (Lipinski definition) is 1. The Morgan fingerprint density at radius 1 is 1.38 bits per heavy atom. The van der Waals surface area contributed by atoms with Crippen LogP contribution in [-0.2, 0) is 12.8 Å². The molecule has 0 heterocycles. The molecule has 0 saturated carbocycles. The van der Waals surface area contributed by atoms with Gasteiger partial charge in [0, 0.05) is 0 Å². The molecule has 0 bridgehead atoms. The summed E-state index contributed by atoms with van der Waals surface area (Å²) >= 11 is 0. The summed E-state index contributed by atoms with van der Waals surface area (Å²) in [4.78, 5) is 0. The monoisotopic (exact) mass is 216 g/mol. The average Bonchev–Trinajstić information content (AvgIpc) is 2.72. The van der Waals surface area contributed by atoms with E-state index in [1.54, 1.807) is 0 Å². The van der Waals surface area contributed by atoms with Gasteiger partial charge in [0.1, 0.15) is 0 Å². The largest absolute Gasteiger partial charge is 0.392 e. The van der Waals surface area contributed by atoms with Gasteiger partial charge in [0.05, 0.1) is 6.10 Å². The second kappa shape index (κ2) is 4.84. The number of rotatable bonds is 4. The summed E-state index contributed by atoms with van der Waals surface area (Å²) < 4.78 is 0. The molecular formula is C15H20O. The highest BCUT2D eigenvalue weighted by Crippen LogP contribution is 2.30. The molecule has 0 aliphatic heterocycles. The van der Waals surface area contributed by atoms with Crippen LogP contribution in [-0.4, -0.2) is 11.2 Å². The highest BCUT2D eigenvalue weighted by molar-refractivity contribution is 5.32. The first-order valence-electron chi connectivity index (χ1n) is 6.12. The summed E-state index contributed by atoms with van der Waals surface area (Å²) in [5.74, 6) is 0.390. The molecule has 0 radical (unpaired) electrons. The number of benzene rings is 1. The molecule has 16 heavy (non-hydrogen) atoms. The topological polar surface area (TPSA) is 20.2 Å². The fraction of sp³-hybridized carbons (Fsp3) is 0.467. The SMILES string of the molecule is C=C(CC)CC(O)C1Cc2ccccc2C1. The summed E-state index contributed by atoms with van der Waals surface area (Å²) in [6.07, 6.45) is 3.55. The molecule has 1 nitrogen and oxygen atoms in total. The molecule has 1 atom stereocenters. The zero-order valence-electron chi connectivity index (χ0n) is 9.95. The maximum atomic E-state index is 10.2. The third-order valence-corrected chi connectivity index (χ3v) is 3.62. The first-order valence-corrected chi connectivity index (χ1v) is 6.12. The Hall–Kier alpha value is -1.08. The molecule has 0 amide bonds. The van der Waals surface area contributed by atoms with Crippen molar-refractivity contribution < 1.29 is 5.11 Å². The molecule has 86 valence electrons. The lowest BCUT2D eigenvalue weighted by molar-refractivity contribution is 0.112. The maximum absolute atomic E-state index is 10.2. The van der Waals surface area contributed by atoms with E-state index in [9.17, 15) is 5.11 Å². The van der Waals surface area contributed by atoms with Crippen molar-refractivity contribution in [2.45, 2.75) is 38.7 Å². The van der Waals surface area contributed by atoms with Crippen LogP contribution in [0.2, 0.25) is 0 Å². The van der Waals surface area contributed by atoms with Gasteiger partial charge in [0.15, 0.2) is 0 Å². The smallest absolute Gasteiger partial charge is 0.0611 e. The molecule has 0 fully saturated rings. The van der Waals surface area contributed by atoms with E-state index < -0.39 is 0 Å². The van der Waals surface area contributed by atoms with Gasteiger partial charge in [-0.15, -0.1) is 0 Å². The van der Waals surface area contributed by atoms with Gasteiger partial charge in [-0.25, -0.2) is 0 Å². The molecule has 1 aliphatic rings. The zero-order valence-corrected chi connectivity index (χ0v) is 9.95. The van der Waals surface area contributed by atoms with Crippen LogP contribution in [0.4, 0.5) is 0 Å². The molecular weight excluding hydrogens is 196 g/mol. The first-order chi connectivity index (χ1) is 7.70. The minimum Gasteiger partial charge on any atom is -0.392 e. The van der Waals surface area contributed by atoms with Crippen LogP contribution in [0.15, 0.2) is 36.4 Å². The predicted molar refractivity (Wildman–Crippen MR) is 67.4 cm³/mol. The summed E-state index contributed by atoms with van der Waals surface area (Å²) in [7, 11) is 0. The van der Waals surface area contributed by atoms with Crippen molar-refractivity contribution in [2.75, 3.05) is 0 Å². The summed E-state index contributed by atoms with van der Waals surface area (Å²) in [5.41, 5.74) is 3.98. The van der Waals surface area contributed by atoms with E-state index in [1.165, 1.54) is 11.1 Å². The van der Waals surface area contributed by atoms with Crippen molar-refractivity contribution in [3.63, 3.8) is 0 Å². The highest BCUT2D eigenvalue weighted by atomic mass is 16.3. The Bertz CT molecular complexity index is 356. The summed E-state index contributed by atoms with van der Waals surface area (Å²) in [5, 5.41) is 10.2.